The van der Waals surface area contributed by atoms with E-state index in [9.17, 15) is 4.39 Å². The van der Waals surface area contributed by atoms with Crippen molar-refractivity contribution in [3.63, 3.8) is 0 Å². The number of fused-ring (bicyclic) bond motifs is 1. The molecule has 4 heteroatoms. The lowest BCUT2D eigenvalue weighted by Gasteiger charge is -2.00. The maximum Gasteiger partial charge on any atom is 0.174 e. The summed E-state index contributed by atoms with van der Waals surface area (Å²) < 4.78 is 18.4. The first kappa shape index (κ1) is 12.4. The number of halogens is 1. The van der Waals surface area contributed by atoms with Crippen LogP contribution in [0.5, 0.6) is 0 Å². The Labute approximate surface area is 115 Å². The van der Waals surface area contributed by atoms with Crippen molar-refractivity contribution < 1.29 is 8.91 Å². The number of benzene rings is 2. The molecule has 1 aromatic heterocycles. The third-order valence-electron chi connectivity index (χ3n) is 3.18. The molecule has 3 aromatic rings. The molecule has 2 aromatic carbocycles. The molecule has 0 unspecified atom stereocenters. The molecule has 0 radical (unpaired) electrons. The molecule has 0 saturated carbocycles. The van der Waals surface area contributed by atoms with Crippen LogP contribution in [-0.4, -0.2) is 5.16 Å². The molecule has 98 valence electrons. The van der Waals surface area contributed by atoms with Crippen LogP contribution in [0.2, 0.25) is 0 Å². The quantitative estimate of drug-likeness (QED) is 0.704. The largest absolute Gasteiger partial charge is 0.355 e. The van der Waals surface area contributed by atoms with Crippen LogP contribution in [0.15, 0.2) is 40.9 Å². The number of hydrogen-bond acceptors (Lipinski definition) is 3. The summed E-state index contributed by atoms with van der Waals surface area (Å²) in [5.41, 5.74) is 3.34. The van der Waals surface area contributed by atoms with E-state index in [1.807, 2.05) is 19.1 Å². The monoisotopic (exact) mass is 266 g/mol. The van der Waals surface area contributed by atoms with Crippen molar-refractivity contribution in [1.29, 1.82) is 5.26 Å². The number of nitriles is 1. The van der Waals surface area contributed by atoms with Gasteiger partial charge in [-0.3, -0.25) is 0 Å². The standard InChI is InChI=1S/C16H11FN2O/c1-10-8-12(6-7-18)15-14(9-10)16(20-19-15)11-2-4-13(17)5-3-11/h2-5,8-9H,6H2,1H3. The molecule has 0 fully saturated rings. The van der Waals surface area contributed by atoms with Gasteiger partial charge in [0, 0.05) is 5.56 Å². The normalized spacial score (nSPS) is 10.7. The predicted molar refractivity (Wildman–Crippen MR) is 73.5 cm³/mol. The second-order valence-corrected chi connectivity index (χ2v) is 4.67. The summed E-state index contributed by atoms with van der Waals surface area (Å²) >= 11 is 0. The molecule has 0 bridgehead atoms. The van der Waals surface area contributed by atoms with Crippen molar-refractivity contribution in [3.8, 4) is 17.4 Å². The Balaban J connectivity index is 2.23. The first-order valence-electron chi connectivity index (χ1n) is 6.21. The number of aryl methyl sites for hydroxylation is 1. The SMILES string of the molecule is Cc1cc(CC#N)c2noc(-c3ccc(F)cc3)c2c1. The fourth-order valence-electron chi connectivity index (χ4n) is 2.30. The van der Waals surface area contributed by atoms with E-state index in [4.69, 9.17) is 9.78 Å². The maximum absolute atomic E-state index is 13.0. The molecular formula is C16H11FN2O. The molecule has 0 N–H and O–H groups in total. The summed E-state index contributed by atoms with van der Waals surface area (Å²) in [5, 5.41) is 13.8. The van der Waals surface area contributed by atoms with Gasteiger partial charge < -0.3 is 4.52 Å². The van der Waals surface area contributed by atoms with E-state index in [0.717, 1.165) is 22.1 Å². The molecule has 0 aliphatic carbocycles. The zero-order valence-corrected chi connectivity index (χ0v) is 10.9. The number of aromatic nitrogens is 1. The molecule has 0 atom stereocenters. The topological polar surface area (TPSA) is 49.8 Å². The van der Waals surface area contributed by atoms with E-state index < -0.39 is 0 Å². The Morgan fingerprint density at radius 2 is 2.00 bits per heavy atom. The van der Waals surface area contributed by atoms with Gasteiger partial charge in [0.25, 0.3) is 0 Å². The summed E-state index contributed by atoms with van der Waals surface area (Å²) in [6.07, 6.45) is 0.285. The van der Waals surface area contributed by atoms with Gasteiger partial charge in [-0.2, -0.15) is 5.26 Å². The maximum atomic E-state index is 13.0. The lowest BCUT2D eigenvalue weighted by Crippen LogP contribution is -1.86. The Kier molecular flexibility index (Phi) is 2.96. The highest BCUT2D eigenvalue weighted by Gasteiger charge is 2.14. The Morgan fingerprint density at radius 1 is 1.25 bits per heavy atom. The van der Waals surface area contributed by atoms with Crippen molar-refractivity contribution >= 4 is 10.9 Å². The molecule has 1 heterocycles. The van der Waals surface area contributed by atoms with Gasteiger partial charge in [0.1, 0.15) is 11.3 Å². The lowest BCUT2D eigenvalue weighted by molar-refractivity contribution is 0.440. The van der Waals surface area contributed by atoms with Gasteiger partial charge in [0.05, 0.1) is 17.9 Å². The van der Waals surface area contributed by atoms with E-state index in [2.05, 4.69) is 11.2 Å². The van der Waals surface area contributed by atoms with Crippen molar-refractivity contribution in [2.75, 3.05) is 0 Å². The minimum Gasteiger partial charge on any atom is -0.355 e. The van der Waals surface area contributed by atoms with Crippen molar-refractivity contribution in [2.45, 2.75) is 13.3 Å². The van der Waals surface area contributed by atoms with Gasteiger partial charge in [-0.25, -0.2) is 4.39 Å². The molecule has 0 saturated heterocycles. The van der Waals surface area contributed by atoms with Crippen LogP contribution >= 0.6 is 0 Å². The van der Waals surface area contributed by atoms with Crippen molar-refractivity contribution in [1.82, 2.24) is 5.16 Å². The van der Waals surface area contributed by atoms with Gasteiger partial charge in [0.2, 0.25) is 0 Å². The molecule has 0 spiro atoms. The Bertz CT molecular complexity index is 813. The van der Waals surface area contributed by atoms with E-state index in [0.29, 0.717) is 11.3 Å². The smallest absolute Gasteiger partial charge is 0.174 e. The van der Waals surface area contributed by atoms with E-state index >= 15 is 0 Å². The highest BCUT2D eigenvalue weighted by Crippen LogP contribution is 2.31. The molecular weight excluding hydrogens is 255 g/mol. The van der Waals surface area contributed by atoms with Crippen LogP contribution in [0.3, 0.4) is 0 Å². The molecule has 3 nitrogen and oxygen atoms in total. The van der Waals surface area contributed by atoms with Gasteiger partial charge in [-0.15, -0.1) is 0 Å². The highest BCUT2D eigenvalue weighted by molar-refractivity contribution is 5.94. The Morgan fingerprint density at radius 3 is 2.70 bits per heavy atom. The van der Waals surface area contributed by atoms with Gasteiger partial charge in [-0.1, -0.05) is 11.2 Å². The highest BCUT2D eigenvalue weighted by atomic mass is 19.1. The number of hydrogen-bond donors (Lipinski definition) is 0. The van der Waals surface area contributed by atoms with Gasteiger partial charge in [0.15, 0.2) is 5.76 Å². The fourth-order valence-corrected chi connectivity index (χ4v) is 2.30. The lowest BCUT2D eigenvalue weighted by atomic mass is 10.0. The third kappa shape index (κ3) is 2.04. The van der Waals surface area contributed by atoms with E-state index in [-0.39, 0.29) is 12.2 Å². The summed E-state index contributed by atoms with van der Waals surface area (Å²) in [4.78, 5) is 0. The van der Waals surface area contributed by atoms with Gasteiger partial charge >= 0.3 is 0 Å². The fraction of sp³-hybridized carbons (Fsp3) is 0.125. The molecule has 0 amide bonds. The summed E-state index contributed by atoms with van der Waals surface area (Å²) in [6.45, 7) is 1.96. The third-order valence-corrected chi connectivity index (χ3v) is 3.18. The minimum absolute atomic E-state index is 0.285. The van der Waals surface area contributed by atoms with E-state index in [1.165, 1.54) is 12.1 Å². The zero-order chi connectivity index (χ0) is 14.1. The van der Waals surface area contributed by atoms with Crippen molar-refractivity contribution in [3.05, 3.63) is 53.3 Å². The van der Waals surface area contributed by atoms with Crippen LogP contribution in [0, 0.1) is 24.1 Å². The molecule has 0 aliphatic heterocycles. The molecule has 3 rings (SSSR count). The van der Waals surface area contributed by atoms with Crippen LogP contribution < -0.4 is 0 Å². The summed E-state index contributed by atoms with van der Waals surface area (Å²) in [6, 6.07) is 12.1. The van der Waals surface area contributed by atoms with Crippen molar-refractivity contribution in [2.24, 2.45) is 0 Å². The first-order chi connectivity index (χ1) is 9.69. The average molecular weight is 266 g/mol. The average Bonchev–Trinajstić information content (AvgIpc) is 2.84. The van der Waals surface area contributed by atoms with Crippen LogP contribution in [-0.2, 0) is 6.42 Å². The molecule has 20 heavy (non-hydrogen) atoms. The number of rotatable bonds is 2. The molecule has 0 aliphatic rings. The second-order valence-electron chi connectivity index (χ2n) is 4.67. The first-order valence-corrected chi connectivity index (χ1v) is 6.21. The summed E-state index contributed by atoms with van der Waals surface area (Å²) in [5.74, 6) is 0.307. The van der Waals surface area contributed by atoms with Crippen LogP contribution in [0.4, 0.5) is 4.39 Å². The van der Waals surface area contributed by atoms with Crippen LogP contribution in [0.25, 0.3) is 22.2 Å². The summed E-state index contributed by atoms with van der Waals surface area (Å²) in [7, 11) is 0. The number of nitrogens with zero attached hydrogens (tertiary/aromatic N) is 2. The van der Waals surface area contributed by atoms with E-state index in [1.54, 1.807) is 12.1 Å². The van der Waals surface area contributed by atoms with Crippen LogP contribution in [0.1, 0.15) is 11.1 Å². The zero-order valence-electron chi connectivity index (χ0n) is 10.9. The minimum atomic E-state index is -0.293. The predicted octanol–water partition coefficient (Wildman–Crippen LogP) is 4.01. The van der Waals surface area contributed by atoms with Gasteiger partial charge in [-0.05, 0) is 48.4 Å². The second kappa shape index (κ2) is 4.78. The Hall–Kier alpha value is -2.67.